The lowest BCUT2D eigenvalue weighted by molar-refractivity contribution is 0.0743. The van der Waals surface area contributed by atoms with Gasteiger partial charge in [-0.05, 0) is 30.7 Å². The van der Waals surface area contributed by atoms with Crippen molar-refractivity contribution in [2.45, 2.75) is 19.8 Å². The van der Waals surface area contributed by atoms with E-state index in [-0.39, 0.29) is 5.56 Å². The fourth-order valence-electron chi connectivity index (χ4n) is 1.19. The van der Waals surface area contributed by atoms with Gasteiger partial charge in [-0.3, -0.25) is 9.35 Å². The van der Waals surface area contributed by atoms with E-state index >= 15 is 0 Å². The Bertz CT molecular complexity index is 510. The smallest absolute Gasteiger partial charge is 0.418 e. The molecule has 0 aliphatic rings. The van der Waals surface area contributed by atoms with Crippen LogP contribution < -0.4 is 10.2 Å². The van der Waals surface area contributed by atoms with Crippen molar-refractivity contribution in [3.63, 3.8) is 0 Å². The summed E-state index contributed by atoms with van der Waals surface area (Å²) >= 11 is 0. The number of hydrogen-bond acceptors (Lipinski definition) is 5. The molecule has 1 aromatic rings. The number of nitrogens with one attached hydrogen (secondary N) is 1. The van der Waals surface area contributed by atoms with Gasteiger partial charge in [-0.15, -0.1) is 4.28 Å². The minimum absolute atomic E-state index is 0.173. The second-order valence-electron chi connectivity index (χ2n) is 3.67. The second kappa shape index (κ2) is 7.07. The van der Waals surface area contributed by atoms with Gasteiger partial charge in [0.1, 0.15) is 5.75 Å². The molecule has 106 valence electrons. The third kappa shape index (κ3) is 6.18. The van der Waals surface area contributed by atoms with Crippen LogP contribution in [0.2, 0.25) is 0 Å². The summed E-state index contributed by atoms with van der Waals surface area (Å²) in [5.41, 5.74) is 1.77. The molecule has 1 aromatic carbocycles. The lowest BCUT2D eigenvalue weighted by Crippen LogP contribution is -2.26. The van der Waals surface area contributed by atoms with Gasteiger partial charge >= 0.3 is 10.4 Å². The molecular weight excluding hydrogens is 274 g/mol. The third-order valence-corrected chi connectivity index (χ3v) is 2.42. The van der Waals surface area contributed by atoms with Crippen LogP contribution in [-0.4, -0.2) is 25.5 Å². The average molecular weight is 289 g/mol. The molecule has 0 spiro atoms. The zero-order valence-corrected chi connectivity index (χ0v) is 11.1. The highest BCUT2D eigenvalue weighted by Gasteiger charge is 2.10. The number of carbonyl (C=O) groups excluding carboxylic acids is 1. The topological polar surface area (TPSA) is 102 Å². The van der Waals surface area contributed by atoms with Crippen molar-refractivity contribution in [3.05, 3.63) is 29.8 Å². The van der Waals surface area contributed by atoms with Crippen LogP contribution in [0.5, 0.6) is 5.75 Å². The van der Waals surface area contributed by atoms with Gasteiger partial charge in [0.25, 0.3) is 5.91 Å². The summed E-state index contributed by atoms with van der Waals surface area (Å²) in [4.78, 5) is 11.4. The van der Waals surface area contributed by atoms with Crippen LogP contribution in [0.1, 0.15) is 30.1 Å². The zero-order chi connectivity index (χ0) is 14.3. The van der Waals surface area contributed by atoms with E-state index in [0.717, 1.165) is 12.8 Å². The first-order valence-corrected chi connectivity index (χ1v) is 6.98. The molecule has 0 atom stereocenters. The fraction of sp³-hybridized carbons (Fsp3) is 0.364. The number of hydroxylamine groups is 1. The fourth-order valence-corrected chi connectivity index (χ4v) is 1.37. The van der Waals surface area contributed by atoms with Crippen molar-refractivity contribution in [3.8, 4) is 5.75 Å². The van der Waals surface area contributed by atoms with Crippen molar-refractivity contribution in [1.82, 2.24) is 5.48 Å². The highest BCUT2D eigenvalue weighted by atomic mass is 32.3. The summed E-state index contributed by atoms with van der Waals surface area (Å²) in [7, 11) is -4.71. The number of unbranched alkanes of at least 4 members (excludes halogenated alkanes) is 1. The highest BCUT2D eigenvalue weighted by Crippen LogP contribution is 2.12. The van der Waals surface area contributed by atoms with Crippen molar-refractivity contribution < 1.29 is 26.8 Å². The van der Waals surface area contributed by atoms with Crippen LogP contribution in [0, 0.1) is 0 Å². The summed E-state index contributed by atoms with van der Waals surface area (Å²) < 4.78 is 38.0. The first-order chi connectivity index (χ1) is 8.92. The molecule has 0 radical (unpaired) electrons. The Morgan fingerprint density at radius 1 is 1.32 bits per heavy atom. The van der Waals surface area contributed by atoms with E-state index in [1.54, 1.807) is 17.6 Å². The molecule has 0 heterocycles. The predicted octanol–water partition coefficient (Wildman–Crippen LogP) is 1.33. The quantitative estimate of drug-likeness (QED) is 0.446. The summed E-state index contributed by atoms with van der Waals surface area (Å²) in [5.74, 6) is -0.182. The van der Waals surface area contributed by atoms with Crippen LogP contribution in [0.25, 0.3) is 0 Å². The molecule has 0 bridgehead atoms. The van der Waals surface area contributed by atoms with Crippen molar-refractivity contribution in [1.29, 1.82) is 0 Å². The Labute approximate surface area is 111 Å². The summed E-state index contributed by atoms with van der Waals surface area (Å²) in [6.07, 6.45) is 1.96. The Morgan fingerprint density at radius 2 is 1.95 bits per heavy atom. The number of ether oxygens (including phenoxy) is 1. The molecule has 0 aromatic heterocycles. The largest absolute Gasteiger partial charge is 0.494 e. The summed E-state index contributed by atoms with van der Waals surface area (Å²) in [5, 5.41) is 0. The van der Waals surface area contributed by atoms with E-state index < -0.39 is 16.3 Å². The molecule has 0 fully saturated rings. The van der Waals surface area contributed by atoms with Gasteiger partial charge in [0.2, 0.25) is 0 Å². The molecule has 1 amide bonds. The van der Waals surface area contributed by atoms with Gasteiger partial charge in [-0.1, -0.05) is 13.3 Å². The van der Waals surface area contributed by atoms with Crippen LogP contribution in [0.3, 0.4) is 0 Å². The maximum Gasteiger partial charge on any atom is 0.418 e. The van der Waals surface area contributed by atoms with Crippen LogP contribution in [0.4, 0.5) is 0 Å². The summed E-state index contributed by atoms with van der Waals surface area (Å²) in [6, 6.07) is 6.06. The van der Waals surface area contributed by atoms with E-state index in [9.17, 15) is 13.2 Å². The molecule has 0 saturated heterocycles. The number of benzene rings is 1. The molecular formula is C11H15NO6S. The third-order valence-electron chi connectivity index (χ3n) is 2.12. The van der Waals surface area contributed by atoms with Gasteiger partial charge in [0, 0.05) is 5.56 Å². The molecule has 8 heteroatoms. The molecule has 19 heavy (non-hydrogen) atoms. The first-order valence-electron chi connectivity index (χ1n) is 5.61. The molecule has 1 rings (SSSR count). The Hall–Kier alpha value is -1.64. The monoisotopic (exact) mass is 289 g/mol. The van der Waals surface area contributed by atoms with Crippen LogP contribution in [0.15, 0.2) is 24.3 Å². The molecule has 0 aliphatic heterocycles. The Balaban J connectivity index is 2.53. The standard InChI is InChI=1S/C11H15NO6S/c1-2-3-8-17-10-6-4-9(5-7-10)11(13)12-18-19(14,15)16/h4-7H,2-3,8H2,1H3,(H,12,13)(H,14,15,16). The Morgan fingerprint density at radius 3 is 2.47 bits per heavy atom. The summed E-state index contributed by atoms with van der Waals surface area (Å²) in [6.45, 7) is 2.64. The van der Waals surface area contributed by atoms with Crippen molar-refractivity contribution >= 4 is 16.3 Å². The minimum atomic E-state index is -4.71. The molecule has 7 nitrogen and oxygen atoms in total. The number of carbonyl (C=O) groups is 1. The lowest BCUT2D eigenvalue weighted by atomic mass is 10.2. The highest BCUT2D eigenvalue weighted by molar-refractivity contribution is 7.80. The maximum atomic E-state index is 11.4. The van der Waals surface area contributed by atoms with Crippen LogP contribution >= 0.6 is 0 Å². The number of hydrogen-bond donors (Lipinski definition) is 2. The zero-order valence-electron chi connectivity index (χ0n) is 10.3. The first kappa shape index (κ1) is 15.4. The van der Waals surface area contributed by atoms with Crippen molar-refractivity contribution in [2.75, 3.05) is 6.61 Å². The van der Waals surface area contributed by atoms with Gasteiger partial charge < -0.3 is 4.74 Å². The molecule has 0 aliphatic carbocycles. The molecule has 0 saturated carbocycles. The van der Waals surface area contributed by atoms with E-state index in [2.05, 4.69) is 4.28 Å². The van der Waals surface area contributed by atoms with E-state index in [0.29, 0.717) is 12.4 Å². The van der Waals surface area contributed by atoms with Crippen molar-refractivity contribution in [2.24, 2.45) is 0 Å². The molecule has 2 N–H and O–H groups in total. The average Bonchev–Trinajstić information content (AvgIpc) is 2.36. The molecule has 0 unspecified atom stereocenters. The van der Waals surface area contributed by atoms with E-state index in [1.165, 1.54) is 12.1 Å². The second-order valence-corrected chi connectivity index (χ2v) is 4.69. The van der Waals surface area contributed by atoms with Gasteiger partial charge in [0.15, 0.2) is 0 Å². The minimum Gasteiger partial charge on any atom is -0.494 e. The van der Waals surface area contributed by atoms with E-state index in [1.807, 2.05) is 6.92 Å². The SMILES string of the molecule is CCCCOc1ccc(C(=O)NOS(=O)(=O)O)cc1. The Kier molecular flexibility index (Phi) is 5.74. The number of rotatable bonds is 7. The van der Waals surface area contributed by atoms with Gasteiger partial charge in [-0.2, -0.15) is 8.42 Å². The van der Waals surface area contributed by atoms with E-state index in [4.69, 9.17) is 9.29 Å². The predicted molar refractivity (Wildman–Crippen MR) is 66.9 cm³/mol. The lowest BCUT2D eigenvalue weighted by Gasteiger charge is -2.06. The normalized spacial score (nSPS) is 11.1. The number of amides is 1. The van der Waals surface area contributed by atoms with Gasteiger partial charge in [-0.25, -0.2) is 5.48 Å². The van der Waals surface area contributed by atoms with Crippen LogP contribution in [-0.2, 0) is 14.7 Å². The van der Waals surface area contributed by atoms with Gasteiger partial charge in [0.05, 0.1) is 6.61 Å². The maximum absolute atomic E-state index is 11.4.